The predicted octanol–water partition coefficient (Wildman–Crippen LogP) is 4.73. The average molecular weight is 325 g/mol. The predicted molar refractivity (Wildman–Crippen MR) is 79.0 cm³/mol. The van der Waals surface area contributed by atoms with Crippen molar-refractivity contribution in [1.82, 2.24) is 4.98 Å². The highest BCUT2D eigenvalue weighted by Crippen LogP contribution is 2.27. The van der Waals surface area contributed by atoms with E-state index in [4.69, 9.17) is 0 Å². The second kappa shape index (κ2) is 4.76. The monoisotopic (exact) mass is 324 g/mol. The van der Waals surface area contributed by atoms with Gasteiger partial charge in [0.25, 0.3) is 0 Å². The molecule has 0 atom stereocenters. The number of thiophene rings is 2. The summed E-state index contributed by atoms with van der Waals surface area (Å²) >= 11 is 6.94. The van der Waals surface area contributed by atoms with Crippen LogP contribution in [0.2, 0.25) is 0 Å². The van der Waals surface area contributed by atoms with Crippen LogP contribution >= 0.6 is 38.6 Å². The van der Waals surface area contributed by atoms with Gasteiger partial charge in [-0.1, -0.05) is 0 Å². The number of nitrogens with zero attached hydrogens (tertiary/aromatic N) is 1. The van der Waals surface area contributed by atoms with Crippen LogP contribution in [0, 0.1) is 0 Å². The molecule has 0 saturated heterocycles. The van der Waals surface area contributed by atoms with E-state index < -0.39 is 0 Å². The van der Waals surface area contributed by atoms with Gasteiger partial charge in [-0.25, -0.2) is 4.98 Å². The Kier molecular flexibility index (Phi) is 3.13. The Labute approximate surface area is 115 Å². The molecule has 2 nitrogen and oxygen atoms in total. The molecule has 0 spiro atoms. The smallest absolute Gasteiger partial charge is 0.134 e. The molecule has 3 heterocycles. The number of rotatable bonds is 3. The van der Waals surface area contributed by atoms with Gasteiger partial charge >= 0.3 is 0 Å². The van der Waals surface area contributed by atoms with E-state index in [0.29, 0.717) is 0 Å². The van der Waals surface area contributed by atoms with Crippen molar-refractivity contribution in [1.29, 1.82) is 0 Å². The molecule has 0 saturated carbocycles. The Morgan fingerprint density at radius 1 is 1.29 bits per heavy atom. The van der Waals surface area contributed by atoms with Crippen molar-refractivity contribution in [2.75, 3.05) is 5.32 Å². The van der Waals surface area contributed by atoms with Crippen molar-refractivity contribution in [2.45, 2.75) is 6.54 Å². The van der Waals surface area contributed by atoms with E-state index in [2.05, 4.69) is 49.1 Å². The van der Waals surface area contributed by atoms with E-state index in [0.717, 1.165) is 16.8 Å². The number of aromatic nitrogens is 1. The van der Waals surface area contributed by atoms with Crippen molar-refractivity contribution < 1.29 is 0 Å². The highest BCUT2D eigenvalue weighted by atomic mass is 79.9. The fourth-order valence-electron chi connectivity index (χ4n) is 1.65. The Bertz CT molecular complexity index is 645. The van der Waals surface area contributed by atoms with E-state index in [1.807, 2.05) is 12.3 Å². The molecule has 0 amide bonds. The van der Waals surface area contributed by atoms with Crippen LogP contribution in [0.3, 0.4) is 0 Å². The molecule has 0 radical (unpaired) electrons. The molecule has 17 heavy (non-hydrogen) atoms. The minimum atomic E-state index is 0.818. The van der Waals surface area contributed by atoms with Crippen LogP contribution in [0.1, 0.15) is 4.88 Å². The summed E-state index contributed by atoms with van der Waals surface area (Å²) in [5.74, 6) is 0.966. The molecule has 3 rings (SSSR count). The lowest BCUT2D eigenvalue weighted by atomic mass is 10.3. The average Bonchev–Trinajstić information content (AvgIpc) is 2.94. The molecule has 0 aromatic carbocycles. The van der Waals surface area contributed by atoms with Gasteiger partial charge < -0.3 is 5.32 Å². The molecule has 0 fully saturated rings. The molecule has 0 aliphatic heterocycles. The number of anilines is 1. The van der Waals surface area contributed by atoms with Crippen LogP contribution in [-0.4, -0.2) is 4.98 Å². The molecule has 0 unspecified atom stereocenters. The van der Waals surface area contributed by atoms with Gasteiger partial charge in [-0.3, -0.25) is 0 Å². The lowest BCUT2D eigenvalue weighted by Crippen LogP contribution is -1.99. The van der Waals surface area contributed by atoms with Gasteiger partial charge in [0, 0.05) is 31.0 Å². The maximum Gasteiger partial charge on any atom is 0.134 e. The second-order valence-electron chi connectivity index (χ2n) is 3.58. The zero-order chi connectivity index (χ0) is 11.7. The Balaban J connectivity index is 1.83. The highest BCUT2D eigenvalue weighted by Gasteiger charge is 2.03. The molecule has 3 aromatic heterocycles. The Morgan fingerprint density at radius 3 is 3.06 bits per heavy atom. The largest absolute Gasteiger partial charge is 0.365 e. The number of hydrogen-bond acceptors (Lipinski definition) is 4. The zero-order valence-electron chi connectivity index (χ0n) is 8.81. The lowest BCUT2D eigenvalue weighted by Gasteiger charge is -2.04. The summed E-state index contributed by atoms with van der Waals surface area (Å²) in [4.78, 5) is 5.69. The fraction of sp³-hybridized carbons (Fsp3) is 0.0833. The van der Waals surface area contributed by atoms with Gasteiger partial charge in [-0.15, -0.1) is 22.7 Å². The van der Waals surface area contributed by atoms with Crippen LogP contribution in [0.5, 0.6) is 0 Å². The maximum atomic E-state index is 4.39. The summed E-state index contributed by atoms with van der Waals surface area (Å²) in [6.07, 6.45) is 1.85. The van der Waals surface area contributed by atoms with Gasteiger partial charge in [-0.2, -0.15) is 0 Å². The third-order valence-corrected chi connectivity index (χ3v) is 5.01. The summed E-state index contributed by atoms with van der Waals surface area (Å²) in [6.45, 7) is 0.818. The third kappa shape index (κ3) is 2.36. The molecule has 0 aliphatic carbocycles. The Morgan fingerprint density at radius 2 is 2.24 bits per heavy atom. The summed E-state index contributed by atoms with van der Waals surface area (Å²) in [6, 6.07) is 6.29. The number of nitrogens with one attached hydrogen (secondary N) is 1. The lowest BCUT2D eigenvalue weighted by molar-refractivity contribution is 1.15. The van der Waals surface area contributed by atoms with Crippen LogP contribution in [0.25, 0.3) is 10.1 Å². The second-order valence-corrected chi connectivity index (χ2v) is 6.44. The summed E-state index contributed by atoms with van der Waals surface area (Å²) in [7, 11) is 0. The van der Waals surface area contributed by atoms with Crippen molar-refractivity contribution in [3.63, 3.8) is 0 Å². The molecular formula is C12H9BrN2S2. The molecule has 1 N–H and O–H groups in total. The number of hydrogen-bond donors (Lipinski definition) is 1. The topological polar surface area (TPSA) is 24.9 Å². The molecule has 0 aliphatic rings. The molecule has 5 heteroatoms. The minimum absolute atomic E-state index is 0.818. The van der Waals surface area contributed by atoms with Gasteiger partial charge in [0.2, 0.25) is 0 Å². The van der Waals surface area contributed by atoms with Crippen molar-refractivity contribution in [2.24, 2.45) is 0 Å². The summed E-state index contributed by atoms with van der Waals surface area (Å²) in [5, 5.41) is 8.78. The summed E-state index contributed by atoms with van der Waals surface area (Å²) in [5.41, 5.74) is 0. The van der Waals surface area contributed by atoms with E-state index in [1.165, 1.54) is 15.0 Å². The highest BCUT2D eigenvalue weighted by molar-refractivity contribution is 9.10. The molecule has 3 aromatic rings. The third-order valence-electron chi connectivity index (χ3n) is 2.43. The quantitative estimate of drug-likeness (QED) is 0.753. The van der Waals surface area contributed by atoms with Gasteiger partial charge in [0.05, 0.1) is 6.54 Å². The van der Waals surface area contributed by atoms with Crippen molar-refractivity contribution in [3.8, 4) is 0 Å². The van der Waals surface area contributed by atoms with E-state index in [1.54, 1.807) is 22.7 Å². The molecular weight excluding hydrogens is 316 g/mol. The first-order valence-corrected chi connectivity index (χ1v) is 7.67. The van der Waals surface area contributed by atoms with Gasteiger partial charge in [0.15, 0.2) is 0 Å². The number of halogens is 1. The minimum Gasteiger partial charge on any atom is -0.365 e. The van der Waals surface area contributed by atoms with Crippen molar-refractivity contribution >= 4 is 54.5 Å². The standard InChI is InChI=1S/C12H9BrN2S2/c13-8-5-9(17-7-8)6-15-12-10-2-4-16-11(10)1-3-14-12/h1-5,7H,6H2,(H,14,15). The van der Waals surface area contributed by atoms with Crippen LogP contribution in [0.4, 0.5) is 5.82 Å². The SMILES string of the molecule is Brc1csc(CNc2nccc3sccc23)c1. The number of fused-ring (bicyclic) bond motifs is 1. The first-order valence-electron chi connectivity index (χ1n) is 5.12. The normalized spacial score (nSPS) is 10.9. The molecule has 86 valence electrons. The first-order chi connectivity index (χ1) is 8.33. The van der Waals surface area contributed by atoms with E-state index >= 15 is 0 Å². The van der Waals surface area contributed by atoms with Crippen molar-refractivity contribution in [3.05, 3.63) is 44.5 Å². The number of pyridine rings is 1. The van der Waals surface area contributed by atoms with Crippen LogP contribution < -0.4 is 5.32 Å². The van der Waals surface area contributed by atoms with E-state index in [-0.39, 0.29) is 0 Å². The first kappa shape index (κ1) is 11.2. The summed E-state index contributed by atoms with van der Waals surface area (Å²) < 4.78 is 2.41. The Hall–Kier alpha value is -0.910. The van der Waals surface area contributed by atoms with E-state index in [9.17, 15) is 0 Å². The fourth-order valence-corrected chi connectivity index (χ4v) is 3.83. The molecule has 0 bridgehead atoms. The maximum absolute atomic E-state index is 4.39. The van der Waals surface area contributed by atoms with Crippen LogP contribution in [-0.2, 0) is 6.54 Å². The van der Waals surface area contributed by atoms with Crippen LogP contribution in [0.15, 0.2) is 39.6 Å². The zero-order valence-corrected chi connectivity index (χ0v) is 12.0. The van der Waals surface area contributed by atoms with Gasteiger partial charge in [0.1, 0.15) is 5.82 Å². The van der Waals surface area contributed by atoms with Gasteiger partial charge in [-0.05, 0) is 39.5 Å².